The summed E-state index contributed by atoms with van der Waals surface area (Å²) >= 11 is 0. The number of aromatic nitrogens is 1. The highest BCUT2D eigenvalue weighted by molar-refractivity contribution is 5.90. The van der Waals surface area contributed by atoms with Gasteiger partial charge in [-0.3, -0.25) is 9.78 Å². The van der Waals surface area contributed by atoms with Crippen LogP contribution < -0.4 is 5.32 Å². The maximum absolute atomic E-state index is 12.2. The van der Waals surface area contributed by atoms with Crippen LogP contribution in [0.25, 0.3) is 0 Å². The number of carbonyl (C=O) groups excluding carboxylic acids is 1. The van der Waals surface area contributed by atoms with Crippen molar-refractivity contribution in [2.24, 2.45) is 0 Å². The molecule has 1 unspecified atom stereocenters. The van der Waals surface area contributed by atoms with E-state index in [0.29, 0.717) is 6.42 Å². The Morgan fingerprint density at radius 1 is 1.28 bits per heavy atom. The number of Topliss-reactive ketones (excluding diaryl/α,β-unsaturated/α-hetero) is 1. The number of carbonyl (C=O) groups is 1. The van der Waals surface area contributed by atoms with Crippen molar-refractivity contribution in [1.82, 2.24) is 4.98 Å². The molecule has 0 bridgehead atoms. The Balaban J connectivity index is 1.70. The first-order valence-electron chi connectivity index (χ1n) is 6.09. The molecule has 2 heterocycles. The molecule has 0 radical (unpaired) electrons. The Bertz CT molecular complexity index is 541. The number of fused-ring (bicyclic) bond motifs is 1. The van der Waals surface area contributed by atoms with Gasteiger partial charge in [-0.2, -0.15) is 0 Å². The molecule has 3 nitrogen and oxygen atoms in total. The molecule has 1 aromatic carbocycles. The molecule has 1 aliphatic heterocycles. The second kappa shape index (κ2) is 4.61. The first-order valence-corrected chi connectivity index (χ1v) is 6.09. The topological polar surface area (TPSA) is 42.0 Å². The smallest absolute Gasteiger partial charge is 0.159 e. The van der Waals surface area contributed by atoms with Crippen molar-refractivity contribution < 1.29 is 4.79 Å². The Kier molecular flexibility index (Phi) is 2.81. The summed E-state index contributed by atoms with van der Waals surface area (Å²) in [7, 11) is 0. The number of ketones is 1. The van der Waals surface area contributed by atoms with Crippen LogP contribution in [-0.2, 0) is 17.6 Å². The lowest BCUT2D eigenvalue weighted by atomic mass is 10.0. The van der Waals surface area contributed by atoms with E-state index in [2.05, 4.69) is 16.4 Å². The zero-order chi connectivity index (χ0) is 12.4. The van der Waals surface area contributed by atoms with Gasteiger partial charge in [0.1, 0.15) is 0 Å². The Morgan fingerprint density at radius 3 is 2.94 bits per heavy atom. The minimum absolute atomic E-state index is 0.0948. The third-order valence-corrected chi connectivity index (χ3v) is 3.26. The number of anilines is 1. The van der Waals surface area contributed by atoms with Crippen molar-refractivity contribution in [3.05, 3.63) is 59.9 Å². The maximum Gasteiger partial charge on any atom is 0.159 e. The molecule has 0 amide bonds. The summed E-state index contributed by atoms with van der Waals surface area (Å²) < 4.78 is 0. The summed E-state index contributed by atoms with van der Waals surface area (Å²) in [4.78, 5) is 16.2. The molecule has 0 aliphatic carbocycles. The van der Waals surface area contributed by atoms with Gasteiger partial charge in [0.05, 0.1) is 6.04 Å². The van der Waals surface area contributed by atoms with Gasteiger partial charge in [0.2, 0.25) is 0 Å². The van der Waals surface area contributed by atoms with Crippen LogP contribution in [0, 0.1) is 0 Å². The minimum atomic E-state index is -0.0948. The number of benzene rings is 1. The zero-order valence-corrected chi connectivity index (χ0v) is 9.97. The third kappa shape index (κ3) is 2.12. The van der Waals surface area contributed by atoms with Gasteiger partial charge in [-0.05, 0) is 23.3 Å². The highest BCUT2D eigenvalue weighted by Gasteiger charge is 2.25. The average molecular weight is 238 g/mol. The summed E-state index contributed by atoms with van der Waals surface area (Å²) in [6.07, 6.45) is 4.70. The molecule has 0 fully saturated rings. The van der Waals surface area contributed by atoms with E-state index in [1.807, 2.05) is 30.3 Å². The Labute approximate surface area is 106 Å². The predicted molar refractivity (Wildman–Crippen MR) is 70.5 cm³/mol. The fourth-order valence-corrected chi connectivity index (χ4v) is 2.32. The molecule has 2 aromatic rings. The van der Waals surface area contributed by atoms with Crippen LogP contribution in [0.5, 0.6) is 0 Å². The van der Waals surface area contributed by atoms with E-state index in [4.69, 9.17) is 0 Å². The summed E-state index contributed by atoms with van der Waals surface area (Å²) in [5.74, 6) is 0.221. The largest absolute Gasteiger partial charge is 0.375 e. The minimum Gasteiger partial charge on any atom is -0.375 e. The van der Waals surface area contributed by atoms with Gasteiger partial charge in [-0.1, -0.05) is 24.3 Å². The van der Waals surface area contributed by atoms with Crippen LogP contribution in [-0.4, -0.2) is 16.8 Å². The molecule has 1 N–H and O–H groups in total. The number of pyridine rings is 1. The number of nitrogens with zero attached hydrogens (tertiary/aromatic N) is 1. The van der Waals surface area contributed by atoms with Crippen molar-refractivity contribution >= 4 is 11.5 Å². The van der Waals surface area contributed by atoms with E-state index in [1.165, 1.54) is 5.56 Å². The average Bonchev–Trinajstić information content (AvgIpc) is 2.84. The van der Waals surface area contributed by atoms with E-state index in [9.17, 15) is 4.79 Å². The first kappa shape index (κ1) is 11.0. The molecule has 3 heteroatoms. The highest BCUT2D eigenvalue weighted by atomic mass is 16.1. The monoisotopic (exact) mass is 238 g/mol. The van der Waals surface area contributed by atoms with Crippen LogP contribution in [0.15, 0.2) is 48.8 Å². The molecule has 3 rings (SSSR count). The lowest BCUT2D eigenvalue weighted by molar-refractivity contribution is -0.119. The summed E-state index contributed by atoms with van der Waals surface area (Å²) in [5.41, 5.74) is 3.28. The highest BCUT2D eigenvalue weighted by Crippen LogP contribution is 2.25. The number of rotatable bonds is 3. The third-order valence-electron chi connectivity index (χ3n) is 3.26. The Hall–Kier alpha value is -2.16. The van der Waals surface area contributed by atoms with Crippen molar-refractivity contribution in [2.75, 3.05) is 5.32 Å². The number of para-hydroxylation sites is 1. The van der Waals surface area contributed by atoms with Gasteiger partial charge in [0, 0.05) is 30.9 Å². The van der Waals surface area contributed by atoms with Crippen LogP contribution in [0.2, 0.25) is 0 Å². The second-order valence-corrected chi connectivity index (χ2v) is 4.56. The van der Waals surface area contributed by atoms with Crippen molar-refractivity contribution in [2.45, 2.75) is 18.9 Å². The van der Waals surface area contributed by atoms with E-state index < -0.39 is 0 Å². The maximum atomic E-state index is 12.2. The van der Waals surface area contributed by atoms with Crippen LogP contribution >= 0.6 is 0 Å². The van der Waals surface area contributed by atoms with Crippen molar-refractivity contribution in [1.29, 1.82) is 0 Å². The summed E-state index contributed by atoms with van der Waals surface area (Å²) in [6, 6.07) is 11.8. The summed E-state index contributed by atoms with van der Waals surface area (Å²) in [6.45, 7) is 0. The summed E-state index contributed by atoms with van der Waals surface area (Å²) in [5, 5.41) is 3.28. The zero-order valence-electron chi connectivity index (χ0n) is 9.97. The molecular formula is C15H14N2O. The normalized spacial score (nSPS) is 17.0. The van der Waals surface area contributed by atoms with E-state index in [1.54, 1.807) is 12.4 Å². The van der Waals surface area contributed by atoms with Gasteiger partial charge < -0.3 is 5.32 Å². The van der Waals surface area contributed by atoms with Crippen molar-refractivity contribution in [3.63, 3.8) is 0 Å². The fraction of sp³-hybridized carbons (Fsp3) is 0.200. The van der Waals surface area contributed by atoms with Gasteiger partial charge in [0.25, 0.3) is 0 Å². The number of hydrogen-bond donors (Lipinski definition) is 1. The quantitative estimate of drug-likeness (QED) is 0.891. The molecule has 1 aliphatic rings. The number of nitrogens with one attached hydrogen (secondary N) is 1. The molecule has 0 saturated heterocycles. The van der Waals surface area contributed by atoms with E-state index in [-0.39, 0.29) is 11.8 Å². The number of hydrogen-bond acceptors (Lipinski definition) is 3. The molecule has 1 atom stereocenters. The van der Waals surface area contributed by atoms with Crippen molar-refractivity contribution in [3.8, 4) is 0 Å². The van der Waals surface area contributed by atoms with Gasteiger partial charge in [-0.25, -0.2) is 0 Å². The van der Waals surface area contributed by atoms with Crippen LogP contribution in [0.1, 0.15) is 11.1 Å². The molecular weight excluding hydrogens is 224 g/mol. The lowest BCUT2D eigenvalue weighted by Crippen LogP contribution is -2.28. The van der Waals surface area contributed by atoms with E-state index >= 15 is 0 Å². The molecule has 0 spiro atoms. The SMILES string of the molecule is O=C(Cc1cccnc1)C1Cc2ccccc2N1. The Morgan fingerprint density at radius 2 is 2.17 bits per heavy atom. The van der Waals surface area contributed by atoms with Gasteiger partial charge in [0.15, 0.2) is 5.78 Å². The molecule has 90 valence electrons. The molecule has 1 aromatic heterocycles. The van der Waals surface area contributed by atoms with E-state index in [0.717, 1.165) is 17.7 Å². The standard InChI is InChI=1S/C15H14N2O/c18-15(8-11-4-3-7-16-10-11)14-9-12-5-1-2-6-13(12)17-14/h1-7,10,14,17H,8-9H2. The lowest BCUT2D eigenvalue weighted by Gasteiger charge is -2.09. The molecule has 0 saturated carbocycles. The van der Waals surface area contributed by atoms with Gasteiger partial charge >= 0.3 is 0 Å². The van der Waals surface area contributed by atoms with Crippen LogP contribution in [0.4, 0.5) is 5.69 Å². The second-order valence-electron chi connectivity index (χ2n) is 4.56. The fourth-order valence-electron chi connectivity index (χ4n) is 2.32. The van der Waals surface area contributed by atoms with Gasteiger partial charge in [-0.15, -0.1) is 0 Å². The van der Waals surface area contributed by atoms with Crippen LogP contribution in [0.3, 0.4) is 0 Å². The predicted octanol–water partition coefficient (Wildman–Crippen LogP) is 2.23. The molecule has 18 heavy (non-hydrogen) atoms. The first-order chi connectivity index (χ1) is 8.83.